The van der Waals surface area contributed by atoms with Crippen LogP contribution in [0.5, 0.6) is 0 Å². The minimum absolute atomic E-state index is 0.709. The Balaban J connectivity index is 2.01. The SMILES string of the molecule is CCCc1nc(N2CCSC(C)C2)sc1CNCCOC. The summed E-state index contributed by atoms with van der Waals surface area (Å²) in [5.41, 5.74) is 1.29. The number of anilines is 1. The van der Waals surface area contributed by atoms with Gasteiger partial charge in [0.05, 0.1) is 12.3 Å². The number of rotatable bonds is 8. The van der Waals surface area contributed by atoms with Crippen LogP contribution in [0.4, 0.5) is 5.13 Å². The summed E-state index contributed by atoms with van der Waals surface area (Å²) in [6.07, 6.45) is 2.23. The number of hydrogen-bond donors (Lipinski definition) is 1. The van der Waals surface area contributed by atoms with Crippen molar-refractivity contribution in [2.24, 2.45) is 0 Å². The highest BCUT2D eigenvalue weighted by Crippen LogP contribution is 2.30. The van der Waals surface area contributed by atoms with Gasteiger partial charge in [0.2, 0.25) is 0 Å². The fraction of sp³-hybridized carbons (Fsp3) is 0.800. The summed E-state index contributed by atoms with van der Waals surface area (Å²) in [6, 6.07) is 0. The number of thioether (sulfide) groups is 1. The van der Waals surface area contributed by atoms with Gasteiger partial charge in [-0.2, -0.15) is 11.8 Å². The predicted molar refractivity (Wildman–Crippen MR) is 93.8 cm³/mol. The predicted octanol–water partition coefficient (Wildman–Crippen LogP) is 2.77. The maximum Gasteiger partial charge on any atom is 0.185 e. The third kappa shape index (κ3) is 5.13. The van der Waals surface area contributed by atoms with Crippen LogP contribution in [0.15, 0.2) is 0 Å². The van der Waals surface area contributed by atoms with Gasteiger partial charge in [0, 0.05) is 49.2 Å². The smallest absolute Gasteiger partial charge is 0.185 e. The molecule has 1 fully saturated rings. The maximum atomic E-state index is 5.08. The Morgan fingerprint density at radius 2 is 2.33 bits per heavy atom. The normalized spacial score (nSPS) is 19.2. The van der Waals surface area contributed by atoms with Gasteiger partial charge < -0.3 is 15.0 Å². The molecule has 0 aromatic carbocycles. The van der Waals surface area contributed by atoms with E-state index in [2.05, 4.69) is 35.8 Å². The number of aryl methyl sites for hydroxylation is 1. The van der Waals surface area contributed by atoms with E-state index in [9.17, 15) is 0 Å². The highest BCUT2D eigenvalue weighted by Gasteiger charge is 2.21. The fourth-order valence-corrected chi connectivity index (χ4v) is 4.57. The first-order chi connectivity index (χ1) is 10.2. The molecule has 120 valence electrons. The number of thiazole rings is 1. The summed E-state index contributed by atoms with van der Waals surface area (Å²) in [7, 11) is 1.74. The van der Waals surface area contributed by atoms with Gasteiger partial charge in [-0.05, 0) is 6.42 Å². The molecule has 21 heavy (non-hydrogen) atoms. The van der Waals surface area contributed by atoms with Crippen LogP contribution in [0.3, 0.4) is 0 Å². The Hall–Kier alpha value is -0.300. The lowest BCUT2D eigenvalue weighted by atomic mass is 10.2. The number of hydrogen-bond acceptors (Lipinski definition) is 6. The van der Waals surface area contributed by atoms with Gasteiger partial charge in [-0.1, -0.05) is 20.3 Å². The van der Waals surface area contributed by atoms with Gasteiger partial charge in [0.1, 0.15) is 0 Å². The van der Waals surface area contributed by atoms with E-state index < -0.39 is 0 Å². The zero-order valence-electron chi connectivity index (χ0n) is 13.4. The van der Waals surface area contributed by atoms with Crippen LogP contribution in [0.25, 0.3) is 0 Å². The van der Waals surface area contributed by atoms with Crippen LogP contribution in [-0.2, 0) is 17.7 Å². The number of ether oxygens (including phenoxy) is 1. The first kappa shape index (κ1) is 17.1. The summed E-state index contributed by atoms with van der Waals surface area (Å²) < 4.78 is 5.08. The van der Waals surface area contributed by atoms with Gasteiger partial charge in [-0.15, -0.1) is 11.3 Å². The van der Waals surface area contributed by atoms with Gasteiger partial charge in [0.15, 0.2) is 5.13 Å². The maximum absolute atomic E-state index is 5.08. The molecule has 0 saturated carbocycles. The monoisotopic (exact) mass is 329 g/mol. The molecule has 1 aliphatic rings. The van der Waals surface area contributed by atoms with Crippen molar-refractivity contribution in [3.8, 4) is 0 Å². The van der Waals surface area contributed by atoms with Crippen molar-refractivity contribution in [2.45, 2.75) is 38.5 Å². The van der Waals surface area contributed by atoms with Crippen molar-refractivity contribution < 1.29 is 4.74 Å². The van der Waals surface area contributed by atoms with E-state index >= 15 is 0 Å². The van der Waals surface area contributed by atoms with Gasteiger partial charge in [-0.25, -0.2) is 4.98 Å². The molecule has 1 aliphatic heterocycles. The molecule has 1 aromatic heterocycles. The highest BCUT2D eigenvalue weighted by atomic mass is 32.2. The van der Waals surface area contributed by atoms with E-state index in [1.807, 2.05) is 11.3 Å². The Morgan fingerprint density at radius 3 is 3.05 bits per heavy atom. The quantitative estimate of drug-likeness (QED) is 0.742. The van der Waals surface area contributed by atoms with Crippen molar-refractivity contribution in [3.05, 3.63) is 10.6 Å². The zero-order chi connectivity index (χ0) is 15.1. The lowest BCUT2D eigenvalue weighted by molar-refractivity contribution is 0.199. The van der Waals surface area contributed by atoms with E-state index in [0.29, 0.717) is 5.25 Å². The molecule has 4 nitrogen and oxygen atoms in total. The van der Waals surface area contributed by atoms with Crippen LogP contribution in [0.2, 0.25) is 0 Å². The third-order valence-corrected chi connectivity index (χ3v) is 5.83. The Morgan fingerprint density at radius 1 is 1.48 bits per heavy atom. The molecule has 0 spiro atoms. The first-order valence-electron chi connectivity index (χ1n) is 7.79. The number of methoxy groups -OCH3 is 1. The molecular formula is C15H27N3OS2. The van der Waals surface area contributed by atoms with Crippen molar-refractivity contribution in [1.29, 1.82) is 0 Å². The van der Waals surface area contributed by atoms with Crippen LogP contribution < -0.4 is 10.2 Å². The summed E-state index contributed by atoms with van der Waals surface area (Å²) in [5.74, 6) is 1.21. The van der Waals surface area contributed by atoms with Crippen molar-refractivity contribution in [2.75, 3.05) is 44.0 Å². The molecular weight excluding hydrogens is 302 g/mol. The second-order valence-electron chi connectivity index (χ2n) is 5.41. The van der Waals surface area contributed by atoms with Crippen LogP contribution >= 0.6 is 23.1 Å². The standard InChI is InChI=1S/C15H27N3OS2/c1-4-5-13-14(10-16-6-8-19-3)21-15(17-13)18-7-9-20-12(2)11-18/h12,16H,4-11H2,1-3H3. The zero-order valence-corrected chi connectivity index (χ0v) is 15.0. The molecule has 2 heterocycles. The third-order valence-electron chi connectivity index (χ3n) is 3.53. The van der Waals surface area contributed by atoms with E-state index in [1.165, 1.54) is 21.5 Å². The van der Waals surface area contributed by atoms with Crippen LogP contribution in [0, 0.1) is 0 Å². The lowest BCUT2D eigenvalue weighted by Gasteiger charge is -2.30. The Kier molecular flexibility index (Phi) is 7.29. The van der Waals surface area contributed by atoms with Crippen molar-refractivity contribution in [1.82, 2.24) is 10.3 Å². The van der Waals surface area contributed by atoms with E-state index in [1.54, 1.807) is 7.11 Å². The van der Waals surface area contributed by atoms with Gasteiger partial charge in [-0.3, -0.25) is 0 Å². The molecule has 1 saturated heterocycles. The van der Waals surface area contributed by atoms with Crippen molar-refractivity contribution in [3.63, 3.8) is 0 Å². The van der Waals surface area contributed by atoms with E-state index in [-0.39, 0.29) is 0 Å². The molecule has 0 aliphatic carbocycles. The molecule has 1 aromatic rings. The molecule has 0 radical (unpaired) electrons. The first-order valence-corrected chi connectivity index (χ1v) is 9.65. The minimum Gasteiger partial charge on any atom is -0.383 e. The van der Waals surface area contributed by atoms with Crippen molar-refractivity contribution >= 4 is 28.2 Å². The number of nitrogens with zero attached hydrogens (tertiary/aromatic N) is 2. The average Bonchev–Trinajstić information content (AvgIpc) is 2.87. The number of nitrogens with one attached hydrogen (secondary N) is 1. The summed E-state index contributed by atoms with van der Waals surface area (Å²) in [4.78, 5) is 8.78. The van der Waals surface area contributed by atoms with E-state index in [4.69, 9.17) is 9.72 Å². The summed E-state index contributed by atoms with van der Waals surface area (Å²) >= 11 is 3.93. The molecule has 1 unspecified atom stereocenters. The molecule has 6 heteroatoms. The average molecular weight is 330 g/mol. The fourth-order valence-electron chi connectivity index (χ4n) is 2.44. The molecule has 0 amide bonds. The van der Waals surface area contributed by atoms with Gasteiger partial charge >= 0.3 is 0 Å². The molecule has 2 rings (SSSR count). The molecule has 1 N–H and O–H groups in total. The Labute approximate surface area is 136 Å². The summed E-state index contributed by atoms with van der Waals surface area (Å²) in [6.45, 7) is 9.35. The Bertz CT molecular complexity index is 425. The van der Waals surface area contributed by atoms with E-state index in [0.717, 1.165) is 45.6 Å². The lowest BCUT2D eigenvalue weighted by Crippen LogP contribution is -2.36. The second-order valence-corrected chi connectivity index (χ2v) is 8.02. The highest BCUT2D eigenvalue weighted by molar-refractivity contribution is 8.00. The molecule has 1 atom stereocenters. The second kappa shape index (κ2) is 8.98. The number of aromatic nitrogens is 1. The van der Waals surface area contributed by atoms with Crippen LogP contribution in [-0.4, -0.2) is 49.3 Å². The minimum atomic E-state index is 0.709. The van der Waals surface area contributed by atoms with Gasteiger partial charge in [0.25, 0.3) is 0 Å². The largest absolute Gasteiger partial charge is 0.383 e. The topological polar surface area (TPSA) is 37.4 Å². The summed E-state index contributed by atoms with van der Waals surface area (Å²) in [5, 5.41) is 5.37. The van der Waals surface area contributed by atoms with Crippen LogP contribution in [0.1, 0.15) is 30.8 Å². The molecule has 0 bridgehead atoms.